The Hall–Kier alpha value is -4.67. The molecule has 0 radical (unpaired) electrons. The lowest BCUT2D eigenvalue weighted by molar-refractivity contribution is -0.136. The van der Waals surface area contributed by atoms with E-state index in [2.05, 4.69) is 62.0 Å². The van der Waals surface area contributed by atoms with E-state index in [-0.39, 0.29) is 52.0 Å². The third-order valence-corrected chi connectivity index (χ3v) is 17.0. The normalized spacial score (nSPS) is 26.9. The molecule has 10 rings (SSSR count). The zero-order valence-electron chi connectivity index (χ0n) is 38.4. The van der Waals surface area contributed by atoms with Crippen molar-refractivity contribution in [2.45, 2.75) is 125 Å². The van der Waals surface area contributed by atoms with Gasteiger partial charge < -0.3 is 20.4 Å². The molecule has 6 aliphatic rings. The number of amides is 4. The number of fused-ring (bicyclic) bond motifs is 4. The van der Waals surface area contributed by atoms with Gasteiger partial charge in [0.2, 0.25) is 23.6 Å². The smallest absolute Gasteiger partial charge is 0.329 e. The van der Waals surface area contributed by atoms with Crippen LogP contribution in [-0.2, 0) is 31.6 Å². The molecule has 4 atom stereocenters. The number of carbonyl (C=O) groups is 4. The first-order valence-electron chi connectivity index (χ1n) is 24.1. The first kappa shape index (κ1) is 46.1. The van der Waals surface area contributed by atoms with Gasteiger partial charge in [-0.15, -0.1) is 0 Å². The maximum Gasteiger partial charge on any atom is 0.329 e. The van der Waals surface area contributed by atoms with Gasteiger partial charge in [-0.3, -0.25) is 38.9 Å². The van der Waals surface area contributed by atoms with Gasteiger partial charge in [-0.25, -0.2) is 14.2 Å². The average molecular weight is 957 g/mol. The average Bonchev–Trinajstić information content (AvgIpc) is 3.86. The molecule has 4 aromatic rings. The highest BCUT2D eigenvalue weighted by Crippen LogP contribution is 2.64. The summed E-state index contributed by atoms with van der Waals surface area (Å²) in [7, 11) is 1.74. The summed E-state index contributed by atoms with van der Waals surface area (Å²) < 4.78 is 19.5. The second-order valence-electron chi connectivity index (χ2n) is 20.8. The van der Waals surface area contributed by atoms with Crippen LogP contribution in [0.15, 0.2) is 53.5 Å². The number of imidazole rings is 1. The van der Waals surface area contributed by atoms with E-state index < -0.39 is 40.7 Å². The molecule has 0 bridgehead atoms. The monoisotopic (exact) mass is 955 g/mol. The first-order chi connectivity index (χ1) is 32.1. The van der Waals surface area contributed by atoms with Crippen LogP contribution in [0.2, 0.25) is 10.2 Å². The van der Waals surface area contributed by atoms with Crippen LogP contribution in [0.3, 0.4) is 0 Å². The topological polar surface area (TPSA) is 163 Å². The highest BCUT2D eigenvalue weighted by molar-refractivity contribution is 6.31. The number of aromatic nitrogens is 3. The Morgan fingerprint density at radius 3 is 2.27 bits per heavy atom. The van der Waals surface area contributed by atoms with Crippen molar-refractivity contribution in [1.29, 1.82) is 0 Å². The van der Waals surface area contributed by atoms with Crippen LogP contribution in [0.5, 0.6) is 0 Å². The van der Waals surface area contributed by atoms with Crippen molar-refractivity contribution in [3.8, 4) is 0 Å². The summed E-state index contributed by atoms with van der Waals surface area (Å²) in [4.78, 5) is 76.3. The van der Waals surface area contributed by atoms with Crippen molar-refractivity contribution < 1.29 is 23.6 Å². The number of likely N-dealkylation sites (tertiary alicyclic amines) is 2. The molecule has 67 heavy (non-hydrogen) atoms. The van der Waals surface area contributed by atoms with Gasteiger partial charge in [-0.05, 0) is 149 Å². The standard InChI is InChI=1S/C50H60Cl2FN9O5/c1-48(2)16-18-49(19-17-48)50(34-7-6-31(51)28-35(34)56-46(50)66)40(33-11-20-54-43(52)41(33)53)42(58-49)45(65)55-32-14-25-61(26-15-32)22-4-21-60-23-12-29(13-24-60)30-5-8-36-38(27-30)59(3)47(67)62(36)37-9-10-39(63)57-44(37)64/h5-8,11,20,27-29,32,37,40,42,58H,4,9-10,12-19,21-26H2,1-3H3,(H,55,65)(H,56,66)(H,57,63,64)/t37?,40-,42+,50+/m0/s1. The van der Waals surface area contributed by atoms with Gasteiger partial charge in [0.25, 0.3) is 0 Å². The quantitative estimate of drug-likeness (QED) is 0.112. The first-order valence-corrected chi connectivity index (χ1v) is 24.8. The van der Waals surface area contributed by atoms with E-state index in [1.807, 2.05) is 12.1 Å². The van der Waals surface area contributed by atoms with Gasteiger partial charge in [-0.1, -0.05) is 49.2 Å². The number of carbonyl (C=O) groups excluding carboxylic acids is 4. The van der Waals surface area contributed by atoms with Crippen LogP contribution in [-0.4, -0.2) is 104 Å². The molecule has 5 aliphatic heterocycles. The summed E-state index contributed by atoms with van der Waals surface area (Å²) in [6.45, 7) is 10.1. The maximum atomic E-state index is 16.4. The molecule has 7 heterocycles. The zero-order chi connectivity index (χ0) is 47.0. The third kappa shape index (κ3) is 7.99. The Bertz CT molecular complexity index is 2700. The van der Waals surface area contributed by atoms with Crippen molar-refractivity contribution in [1.82, 2.24) is 39.9 Å². The number of nitrogens with one attached hydrogen (secondary N) is 4. The SMILES string of the molecule is Cn1c(=O)n(C2CCC(=O)NC2=O)c2ccc(C3CCN(CCCN4CCC(NC(=O)[C@@H]5NC6(CCC(C)(C)CC6)[C@@]6(C(=O)Nc7cc(Cl)ccc76)[C@H]5c5ccnc(Cl)c5F)CC4)CC3)cc21. The number of piperidine rings is 3. The summed E-state index contributed by atoms with van der Waals surface area (Å²) in [5.41, 5.74) is 1.81. The van der Waals surface area contributed by atoms with Crippen molar-refractivity contribution in [2.24, 2.45) is 12.5 Å². The van der Waals surface area contributed by atoms with E-state index in [9.17, 15) is 24.0 Å². The van der Waals surface area contributed by atoms with Crippen molar-refractivity contribution in [3.63, 3.8) is 0 Å². The minimum atomic E-state index is -1.32. The number of nitrogens with zero attached hydrogens (tertiary/aromatic N) is 5. The molecule has 356 valence electrons. The molecule has 4 amide bonds. The van der Waals surface area contributed by atoms with Crippen LogP contribution in [0.1, 0.15) is 119 Å². The number of halogens is 3. The van der Waals surface area contributed by atoms with Gasteiger partial charge in [0.1, 0.15) is 11.5 Å². The molecular formula is C50H60Cl2FN9O5. The van der Waals surface area contributed by atoms with Gasteiger partial charge in [0, 0.05) is 61.0 Å². The van der Waals surface area contributed by atoms with Crippen LogP contribution in [0.4, 0.5) is 10.1 Å². The predicted molar refractivity (Wildman–Crippen MR) is 255 cm³/mol. The summed E-state index contributed by atoms with van der Waals surface area (Å²) in [6.07, 6.45) is 9.49. The number of imide groups is 1. The summed E-state index contributed by atoms with van der Waals surface area (Å²) in [5.74, 6) is -2.51. The Labute approximate surface area is 399 Å². The molecule has 2 spiro atoms. The molecule has 1 unspecified atom stereocenters. The highest BCUT2D eigenvalue weighted by Gasteiger charge is 2.73. The highest BCUT2D eigenvalue weighted by atomic mass is 35.5. The second kappa shape index (κ2) is 17.7. The lowest BCUT2D eigenvalue weighted by Crippen LogP contribution is -2.61. The molecule has 4 saturated heterocycles. The number of hydrogen-bond acceptors (Lipinski definition) is 9. The lowest BCUT2D eigenvalue weighted by Gasteiger charge is -2.50. The summed E-state index contributed by atoms with van der Waals surface area (Å²) >= 11 is 12.8. The number of benzene rings is 2. The Balaban J connectivity index is 0.763. The third-order valence-electron chi connectivity index (χ3n) is 16.5. The van der Waals surface area contributed by atoms with Crippen LogP contribution in [0.25, 0.3) is 11.0 Å². The lowest BCUT2D eigenvalue weighted by atomic mass is 9.53. The maximum absolute atomic E-state index is 16.4. The fourth-order valence-electron chi connectivity index (χ4n) is 12.8. The second-order valence-corrected chi connectivity index (χ2v) is 21.6. The fraction of sp³-hybridized carbons (Fsp3) is 0.560. The fourth-order valence-corrected chi connectivity index (χ4v) is 13.1. The molecular weight excluding hydrogens is 897 g/mol. The van der Waals surface area contributed by atoms with Crippen LogP contribution >= 0.6 is 23.2 Å². The van der Waals surface area contributed by atoms with E-state index in [0.717, 1.165) is 89.7 Å². The molecule has 1 aliphatic carbocycles. The van der Waals surface area contributed by atoms with E-state index in [1.54, 1.807) is 29.8 Å². The number of hydrogen-bond donors (Lipinski definition) is 4. The Morgan fingerprint density at radius 2 is 1.57 bits per heavy atom. The molecule has 14 nitrogen and oxygen atoms in total. The van der Waals surface area contributed by atoms with Crippen molar-refractivity contribution in [3.05, 3.63) is 91.8 Å². The van der Waals surface area contributed by atoms with Crippen molar-refractivity contribution >= 4 is 63.6 Å². The zero-order valence-corrected chi connectivity index (χ0v) is 39.9. The molecule has 2 aromatic carbocycles. The van der Waals surface area contributed by atoms with E-state index in [4.69, 9.17) is 23.2 Å². The largest absolute Gasteiger partial charge is 0.352 e. The van der Waals surface area contributed by atoms with E-state index >= 15 is 4.39 Å². The minimum Gasteiger partial charge on any atom is -0.352 e. The molecule has 4 N–H and O–H groups in total. The number of anilines is 1. The summed E-state index contributed by atoms with van der Waals surface area (Å²) in [5, 5.41) is 12.8. The van der Waals surface area contributed by atoms with Gasteiger partial charge in [-0.2, -0.15) is 0 Å². The van der Waals surface area contributed by atoms with E-state index in [1.165, 1.54) is 16.3 Å². The number of aryl methyl sites for hydroxylation is 1. The Kier molecular flexibility index (Phi) is 12.2. The van der Waals surface area contributed by atoms with Crippen LogP contribution < -0.4 is 27.0 Å². The number of pyridine rings is 1. The minimum absolute atomic E-state index is 0.0387. The summed E-state index contributed by atoms with van der Waals surface area (Å²) in [6, 6.07) is 11.4. The predicted octanol–water partition coefficient (Wildman–Crippen LogP) is 6.29. The van der Waals surface area contributed by atoms with Gasteiger partial charge in [0.15, 0.2) is 11.0 Å². The molecule has 17 heteroatoms. The molecule has 5 fully saturated rings. The van der Waals surface area contributed by atoms with Gasteiger partial charge in [0.05, 0.1) is 17.1 Å². The van der Waals surface area contributed by atoms with Gasteiger partial charge >= 0.3 is 5.69 Å². The molecule has 2 aromatic heterocycles. The van der Waals surface area contributed by atoms with Crippen molar-refractivity contribution in [2.75, 3.05) is 44.6 Å². The van der Waals surface area contributed by atoms with E-state index in [0.29, 0.717) is 47.0 Å². The van der Waals surface area contributed by atoms with Crippen LogP contribution in [0, 0.1) is 11.2 Å². The molecule has 1 saturated carbocycles. The number of rotatable bonds is 9. The Morgan fingerprint density at radius 1 is 0.866 bits per heavy atom.